The van der Waals surface area contributed by atoms with Crippen LogP contribution >= 0.6 is 11.8 Å². The van der Waals surface area contributed by atoms with Gasteiger partial charge in [-0.25, -0.2) is 0 Å². The number of hydrogen-bond acceptors (Lipinski definition) is 4. The lowest BCUT2D eigenvalue weighted by Crippen LogP contribution is -2.48. The molecule has 1 unspecified atom stereocenters. The van der Waals surface area contributed by atoms with Gasteiger partial charge in [-0.1, -0.05) is 6.42 Å². The largest absolute Gasteiger partial charge is 0.387 e. The van der Waals surface area contributed by atoms with Crippen LogP contribution in [-0.4, -0.2) is 61.5 Å². The number of rotatable bonds is 8. The maximum absolute atomic E-state index is 10.4. The van der Waals surface area contributed by atoms with Crippen molar-refractivity contribution in [1.82, 2.24) is 10.6 Å². The Kier molecular flexibility index (Phi) is 6.84. The molecule has 1 aliphatic heterocycles. The second-order valence-corrected chi connectivity index (χ2v) is 7.78. The standard InChI is InChI=1S/C16H31N3O2S/c1-3-17-14(19-12-16(20)8-10-22-13-16)18-11-15(5-4-6-15)7-9-21-2/h20H,3-13H2,1-2H3,(H2,17,18,19). The first-order valence-electron chi connectivity index (χ1n) is 8.43. The highest BCUT2D eigenvalue weighted by Crippen LogP contribution is 2.44. The zero-order valence-electron chi connectivity index (χ0n) is 14.0. The summed E-state index contributed by atoms with van der Waals surface area (Å²) in [6, 6.07) is 0. The third-order valence-corrected chi connectivity index (χ3v) is 6.07. The minimum Gasteiger partial charge on any atom is -0.387 e. The first kappa shape index (κ1) is 17.9. The van der Waals surface area contributed by atoms with Crippen LogP contribution in [-0.2, 0) is 4.74 Å². The zero-order valence-corrected chi connectivity index (χ0v) is 14.8. The van der Waals surface area contributed by atoms with Crippen molar-refractivity contribution in [2.24, 2.45) is 10.4 Å². The van der Waals surface area contributed by atoms with E-state index in [0.29, 0.717) is 12.0 Å². The van der Waals surface area contributed by atoms with Crippen LogP contribution in [0.25, 0.3) is 0 Å². The molecule has 128 valence electrons. The Hall–Kier alpha value is -0.460. The second kappa shape index (κ2) is 8.41. The molecule has 1 saturated carbocycles. The summed E-state index contributed by atoms with van der Waals surface area (Å²) in [7, 11) is 1.77. The Balaban J connectivity index is 1.85. The summed E-state index contributed by atoms with van der Waals surface area (Å²) < 4.78 is 5.24. The molecule has 1 atom stereocenters. The fraction of sp³-hybridized carbons (Fsp3) is 0.938. The molecule has 0 aromatic rings. The summed E-state index contributed by atoms with van der Waals surface area (Å²) in [5.74, 6) is 2.69. The molecule has 1 heterocycles. The molecule has 0 aromatic carbocycles. The monoisotopic (exact) mass is 329 g/mol. The Morgan fingerprint density at radius 1 is 1.32 bits per heavy atom. The Labute approximate surface area is 138 Å². The second-order valence-electron chi connectivity index (χ2n) is 6.67. The molecule has 0 spiro atoms. The molecule has 2 rings (SSSR count). The van der Waals surface area contributed by atoms with Crippen LogP contribution in [0, 0.1) is 5.41 Å². The Morgan fingerprint density at radius 2 is 2.14 bits per heavy atom. The van der Waals surface area contributed by atoms with E-state index in [0.717, 1.165) is 50.0 Å². The van der Waals surface area contributed by atoms with E-state index in [1.54, 1.807) is 7.11 Å². The van der Waals surface area contributed by atoms with E-state index >= 15 is 0 Å². The first-order chi connectivity index (χ1) is 10.6. The fourth-order valence-corrected chi connectivity index (χ4v) is 4.35. The number of nitrogens with zero attached hydrogens (tertiary/aromatic N) is 1. The average Bonchev–Trinajstić information content (AvgIpc) is 2.90. The van der Waals surface area contributed by atoms with Crippen molar-refractivity contribution >= 4 is 17.7 Å². The van der Waals surface area contributed by atoms with E-state index in [1.807, 2.05) is 11.8 Å². The predicted octanol–water partition coefficient (Wildman–Crippen LogP) is 1.62. The van der Waals surface area contributed by atoms with Crippen molar-refractivity contribution in [3.8, 4) is 0 Å². The van der Waals surface area contributed by atoms with Crippen LogP contribution in [0.2, 0.25) is 0 Å². The molecule has 2 aliphatic rings. The SMILES string of the molecule is CCNC(=NCC1(CCOC)CCC1)NCC1(O)CCSC1. The molecule has 3 N–H and O–H groups in total. The minimum absolute atomic E-state index is 0.332. The van der Waals surface area contributed by atoms with Gasteiger partial charge in [0.1, 0.15) is 0 Å². The summed E-state index contributed by atoms with van der Waals surface area (Å²) >= 11 is 1.82. The van der Waals surface area contributed by atoms with Crippen molar-refractivity contribution < 1.29 is 9.84 Å². The molecule has 5 nitrogen and oxygen atoms in total. The normalized spacial score (nSPS) is 27.5. The van der Waals surface area contributed by atoms with Gasteiger partial charge in [-0.2, -0.15) is 11.8 Å². The van der Waals surface area contributed by atoms with E-state index in [9.17, 15) is 5.11 Å². The first-order valence-corrected chi connectivity index (χ1v) is 9.58. The van der Waals surface area contributed by atoms with Crippen LogP contribution in [0.5, 0.6) is 0 Å². The maximum atomic E-state index is 10.4. The highest BCUT2D eigenvalue weighted by atomic mass is 32.2. The van der Waals surface area contributed by atoms with Gasteiger partial charge in [-0.3, -0.25) is 4.99 Å². The van der Waals surface area contributed by atoms with Gasteiger partial charge in [-0.15, -0.1) is 0 Å². The molecule has 2 fully saturated rings. The van der Waals surface area contributed by atoms with E-state index in [4.69, 9.17) is 9.73 Å². The number of thioether (sulfide) groups is 1. The molecule has 0 bridgehead atoms. The fourth-order valence-electron chi connectivity index (χ4n) is 3.06. The summed E-state index contributed by atoms with van der Waals surface area (Å²) in [6.45, 7) is 5.15. The minimum atomic E-state index is -0.578. The number of aliphatic imine (C=N–C) groups is 1. The van der Waals surface area contributed by atoms with Gasteiger partial charge in [0.25, 0.3) is 0 Å². The van der Waals surface area contributed by atoms with Crippen molar-refractivity contribution in [3.63, 3.8) is 0 Å². The number of methoxy groups -OCH3 is 1. The van der Waals surface area contributed by atoms with Crippen LogP contribution in [0.1, 0.15) is 39.0 Å². The molecule has 6 heteroatoms. The summed E-state index contributed by atoms with van der Waals surface area (Å²) in [4.78, 5) is 4.77. The predicted molar refractivity (Wildman–Crippen MR) is 93.7 cm³/mol. The number of ether oxygens (including phenoxy) is 1. The molecule has 0 amide bonds. The van der Waals surface area contributed by atoms with Crippen molar-refractivity contribution in [1.29, 1.82) is 0 Å². The number of nitrogens with one attached hydrogen (secondary N) is 2. The number of hydrogen-bond donors (Lipinski definition) is 3. The van der Waals surface area contributed by atoms with Crippen LogP contribution < -0.4 is 10.6 Å². The van der Waals surface area contributed by atoms with Crippen LogP contribution in [0.4, 0.5) is 0 Å². The maximum Gasteiger partial charge on any atom is 0.191 e. The van der Waals surface area contributed by atoms with Crippen molar-refractivity contribution in [3.05, 3.63) is 0 Å². The smallest absolute Gasteiger partial charge is 0.191 e. The Morgan fingerprint density at radius 3 is 2.68 bits per heavy atom. The third kappa shape index (κ3) is 5.03. The van der Waals surface area contributed by atoms with Crippen molar-refractivity contribution in [2.75, 3.05) is 44.9 Å². The summed E-state index contributed by atoms with van der Waals surface area (Å²) in [5, 5.41) is 17.0. The van der Waals surface area contributed by atoms with Gasteiger partial charge >= 0.3 is 0 Å². The lowest BCUT2D eigenvalue weighted by Gasteiger charge is -2.40. The van der Waals surface area contributed by atoms with E-state index < -0.39 is 5.60 Å². The van der Waals surface area contributed by atoms with Gasteiger partial charge in [0.05, 0.1) is 5.60 Å². The number of aliphatic hydroxyl groups is 1. The molecule has 1 aliphatic carbocycles. The molecular weight excluding hydrogens is 298 g/mol. The number of guanidine groups is 1. The molecule has 22 heavy (non-hydrogen) atoms. The van der Waals surface area contributed by atoms with Gasteiger partial charge in [0.2, 0.25) is 0 Å². The highest BCUT2D eigenvalue weighted by molar-refractivity contribution is 7.99. The van der Waals surface area contributed by atoms with E-state index in [1.165, 1.54) is 19.3 Å². The summed E-state index contributed by atoms with van der Waals surface area (Å²) in [6.07, 6.45) is 5.76. The van der Waals surface area contributed by atoms with Gasteiger partial charge in [0, 0.05) is 39.1 Å². The molecule has 0 radical (unpaired) electrons. The average molecular weight is 330 g/mol. The molecular formula is C16H31N3O2S. The quantitative estimate of drug-likeness (QED) is 0.466. The highest BCUT2D eigenvalue weighted by Gasteiger charge is 2.36. The van der Waals surface area contributed by atoms with Crippen molar-refractivity contribution in [2.45, 2.75) is 44.6 Å². The van der Waals surface area contributed by atoms with Gasteiger partial charge in [-0.05, 0) is 43.8 Å². The Bertz CT molecular complexity index is 366. The molecule has 1 saturated heterocycles. The lowest BCUT2D eigenvalue weighted by molar-refractivity contribution is 0.0718. The van der Waals surface area contributed by atoms with Gasteiger partial charge < -0.3 is 20.5 Å². The topological polar surface area (TPSA) is 65.9 Å². The van der Waals surface area contributed by atoms with Gasteiger partial charge in [0.15, 0.2) is 5.96 Å². The van der Waals surface area contributed by atoms with E-state index in [-0.39, 0.29) is 0 Å². The molecule has 0 aromatic heterocycles. The third-order valence-electron chi connectivity index (χ3n) is 4.83. The van der Waals surface area contributed by atoms with Crippen LogP contribution in [0.3, 0.4) is 0 Å². The van der Waals surface area contributed by atoms with Crippen LogP contribution in [0.15, 0.2) is 4.99 Å². The summed E-state index contributed by atoms with van der Waals surface area (Å²) in [5.41, 5.74) is -0.246. The zero-order chi connectivity index (χ0) is 15.9. The lowest BCUT2D eigenvalue weighted by atomic mass is 9.67. The van der Waals surface area contributed by atoms with E-state index in [2.05, 4.69) is 17.6 Å².